The van der Waals surface area contributed by atoms with Gasteiger partial charge in [0.15, 0.2) is 0 Å². The number of hydrogen-bond acceptors (Lipinski definition) is 4. The lowest BCUT2D eigenvalue weighted by Crippen LogP contribution is -2.43. The summed E-state index contributed by atoms with van der Waals surface area (Å²) in [5, 5.41) is 8.39. The van der Waals surface area contributed by atoms with Gasteiger partial charge < -0.3 is 9.64 Å². The lowest BCUT2D eigenvalue weighted by Gasteiger charge is -2.32. The average molecular weight is 445 g/mol. The van der Waals surface area contributed by atoms with E-state index in [1.54, 1.807) is 0 Å². The number of benzene rings is 1. The molecule has 0 radical (unpaired) electrons. The van der Waals surface area contributed by atoms with Gasteiger partial charge in [0.25, 0.3) is 0 Å². The van der Waals surface area contributed by atoms with Gasteiger partial charge in [0.2, 0.25) is 5.91 Å². The third-order valence-corrected chi connectivity index (χ3v) is 6.92. The van der Waals surface area contributed by atoms with E-state index < -0.39 is 0 Å². The fourth-order valence-electron chi connectivity index (χ4n) is 4.72. The molecule has 1 aliphatic heterocycles. The molecule has 31 heavy (non-hydrogen) atoms. The van der Waals surface area contributed by atoms with Crippen molar-refractivity contribution in [1.29, 1.82) is 0 Å². The number of halogens is 1. The monoisotopic (exact) mass is 444 g/mol. The topological polar surface area (TPSA) is 61.5 Å². The fraction of sp³-hybridized carbons (Fsp3) is 0.583. The highest BCUT2D eigenvalue weighted by atomic mass is 35.5. The van der Waals surface area contributed by atoms with E-state index >= 15 is 0 Å². The molecule has 1 N–H and O–H groups in total. The van der Waals surface area contributed by atoms with Crippen LogP contribution in [-0.2, 0) is 11.2 Å². The Morgan fingerprint density at radius 3 is 2.77 bits per heavy atom. The number of H-pyrrole nitrogens is 1. The number of likely N-dealkylation sites (tertiary alicyclic amines) is 1. The van der Waals surface area contributed by atoms with Gasteiger partial charge in [-0.1, -0.05) is 30.9 Å². The fourth-order valence-corrected chi connectivity index (χ4v) is 4.84. The second kappa shape index (κ2) is 10.5. The van der Waals surface area contributed by atoms with Gasteiger partial charge in [-0.05, 0) is 56.1 Å². The van der Waals surface area contributed by atoms with Gasteiger partial charge in [-0.15, -0.1) is 0 Å². The summed E-state index contributed by atoms with van der Waals surface area (Å²) in [6, 6.07) is 9.99. The number of carbonyl (C=O) groups excluding carboxylic acids is 1. The number of aromatic nitrogens is 2. The van der Waals surface area contributed by atoms with Crippen molar-refractivity contribution in [3.05, 3.63) is 46.7 Å². The van der Waals surface area contributed by atoms with Crippen molar-refractivity contribution in [1.82, 2.24) is 20.0 Å². The zero-order chi connectivity index (χ0) is 21.6. The molecule has 1 atom stereocenters. The molecule has 1 aromatic carbocycles. The van der Waals surface area contributed by atoms with E-state index in [1.807, 2.05) is 36.2 Å². The van der Waals surface area contributed by atoms with Crippen LogP contribution in [-0.4, -0.2) is 65.2 Å². The minimum absolute atomic E-state index is 0.259. The number of hydrogen-bond donors (Lipinski definition) is 1. The number of aromatic amines is 1. The molecule has 1 aliphatic carbocycles. The summed E-state index contributed by atoms with van der Waals surface area (Å²) in [4.78, 5) is 17.0. The summed E-state index contributed by atoms with van der Waals surface area (Å²) < 4.78 is 5.78. The molecule has 1 saturated carbocycles. The Kier molecular flexibility index (Phi) is 7.51. The van der Waals surface area contributed by atoms with Crippen molar-refractivity contribution in [3.63, 3.8) is 0 Å². The van der Waals surface area contributed by atoms with Crippen molar-refractivity contribution < 1.29 is 9.53 Å². The van der Waals surface area contributed by atoms with Crippen molar-refractivity contribution in [3.8, 4) is 5.75 Å². The van der Waals surface area contributed by atoms with Crippen LogP contribution in [0.15, 0.2) is 30.3 Å². The zero-order valence-corrected chi connectivity index (χ0v) is 19.1. The summed E-state index contributed by atoms with van der Waals surface area (Å²) in [7, 11) is 1.98. The number of amides is 1. The van der Waals surface area contributed by atoms with Crippen LogP contribution in [0.4, 0.5) is 0 Å². The number of ether oxygens (including phenoxy) is 1. The number of nitrogens with zero attached hydrogens (tertiary/aromatic N) is 3. The highest BCUT2D eigenvalue weighted by Gasteiger charge is 2.29. The average Bonchev–Trinajstić information content (AvgIpc) is 3.45. The molecular formula is C24H33ClN4O2. The first-order valence-corrected chi connectivity index (χ1v) is 11.9. The lowest BCUT2D eigenvalue weighted by atomic mass is 9.94. The van der Waals surface area contributed by atoms with Crippen molar-refractivity contribution in [2.45, 2.75) is 56.9 Å². The molecular weight excluding hydrogens is 412 g/mol. The van der Waals surface area contributed by atoms with Gasteiger partial charge in [-0.2, -0.15) is 5.10 Å². The minimum Gasteiger partial charge on any atom is -0.493 e. The Bertz CT molecular complexity index is 848. The van der Waals surface area contributed by atoms with E-state index in [0.29, 0.717) is 30.1 Å². The number of rotatable bonds is 8. The number of likely N-dealkylation sites (N-methyl/N-ethyl adjacent to an activating group) is 1. The predicted octanol–water partition coefficient (Wildman–Crippen LogP) is 4.27. The molecule has 2 aliphatic rings. The van der Waals surface area contributed by atoms with Gasteiger partial charge in [0, 0.05) is 42.7 Å². The molecule has 0 unspecified atom stereocenters. The second-order valence-electron chi connectivity index (χ2n) is 8.89. The first-order chi connectivity index (χ1) is 15.1. The third-order valence-electron chi connectivity index (χ3n) is 6.67. The maximum atomic E-state index is 12.7. The summed E-state index contributed by atoms with van der Waals surface area (Å²) in [5.41, 5.74) is 2.17. The van der Waals surface area contributed by atoms with Crippen LogP contribution in [0.5, 0.6) is 5.75 Å². The van der Waals surface area contributed by atoms with Gasteiger partial charge in [0.1, 0.15) is 5.75 Å². The summed E-state index contributed by atoms with van der Waals surface area (Å²) in [6.45, 7) is 2.96. The minimum atomic E-state index is 0.259. The van der Waals surface area contributed by atoms with E-state index in [-0.39, 0.29) is 5.91 Å². The Hall–Kier alpha value is -2.05. The zero-order valence-electron chi connectivity index (χ0n) is 18.4. The van der Waals surface area contributed by atoms with Gasteiger partial charge in [-0.25, -0.2) is 0 Å². The maximum absolute atomic E-state index is 12.7. The third kappa shape index (κ3) is 6.01. The van der Waals surface area contributed by atoms with E-state index in [2.05, 4.69) is 21.2 Å². The Morgan fingerprint density at radius 1 is 1.23 bits per heavy atom. The molecule has 1 saturated heterocycles. The Morgan fingerprint density at radius 2 is 2.00 bits per heavy atom. The van der Waals surface area contributed by atoms with Crippen LogP contribution in [0.1, 0.15) is 55.8 Å². The van der Waals surface area contributed by atoms with E-state index in [4.69, 9.17) is 16.3 Å². The second-order valence-corrected chi connectivity index (χ2v) is 9.32. The molecule has 6 nitrogen and oxygen atoms in total. The molecule has 2 fully saturated rings. The van der Waals surface area contributed by atoms with E-state index in [9.17, 15) is 4.79 Å². The maximum Gasteiger partial charge on any atom is 0.236 e. The van der Waals surface area contributed by atoms with Crippen LogP contribution >= 0.6 is 11.6 Å². The molecule has 168 valence electrons. The van der Waals surface area contributed by atoms with Gasteiger partial charge in [-0.3, -0.25) is 14.8 Å². The van der Waals surface area contributed by atoms with Crippen LogP contribution in [0.2, 0.25) is 5.02 Å². The first-order valence-electron chi connectivity index (χ1n) is 11.5. The van der Waals surface area contributed by atoms with Crippen LogP contribution in [0.25, 0.3) is 0 Å². The molecule has 7 heteroatoms. The Balaban J connectivity index is 1.21. The van der Waals surface area contributed by atoms with E-state index in [1.165, 1.54) is 19.3 Å². The smallest absolute Gasteiger partial charge is 0.236 e. The van der Waals surface area contributed by atoms with Crippen LogP contribution < -0.4 is 4.74 Å². The Labute approximate surface area is 189 Å². The van der Waals surface area contributed by atoms with Gasteiger partial charge >= 0.3 is 0 Å². The highest BCUT2D eigenvalue weighted by molar-refractivity contribution is 6.30. The summed E-state index contributed by atoms with van der Waals surface area (Å²) in [6.07, 6.45) is 7.94. The lowest BCUT2D eigenvalue weighted by molar-refractivity contribution is -0.133. The predicted molar refractivity (Wildman–Crippen MR) is 123 cm³/mol. The van der Waals surface area contributed by atoms with Gasteiger partial charge in [0.05, 0.1) is 18.8 Å². The quantitative estimate of drug-likeness (QED) is 0.660. The molecule has 0 bridgehead atoms. The SMILES string of the molecule is CN(C(=O)CN1CC[C@H](c2cc(CCOc3ccc(Cl)cc3)[nH]n2)C1)C1CCCCC1. The summed E-state index contributed by atoms with van der Waals surface area (Å²) >= 11 is 5.90. The molecule has 4 rings (SSSR count). The highest BCUT2D eigenvalue weighted by Crippen LogP contribution is 2.27. The van der Waals surface area contributed by atoms with Crippen molar-refractivity contribution in [2.24, 2.45) is 0 Å². The molecule has 2 aromatic rings. The number of carbonyl (C=O) groups is 1. The molecule has 2 heterocycles. The normalized spacial score (nSPS) is 20.1. The summed E-state index contributed by atoms with van der Waals surface area (Å²) in [5.74, 6) is 1.46. The molecule has 1 aromatic heterocycles. The first kappa shape index (κ1) is 22.2. The molecule has 1 amide bonds. The number of nitrogens with one attached hydrogen (secondary N) is 1. The standard InChI is InChI=1S/C24H33ClN4O2/c1-28(21-5-3-2-4-6-21)24(30)17-29-13-11-18(16-29)23-15-20(26-27-23)12-14-31-22-9-7-19(25)8-10-22/h7-10,15,18,21H,2-6,11-14,16-17H2,1H3,(H,26,27)/t18-/m0/s1. The van der Waals surface area contributed by atoms with Crippen LogP contribution in [0, 0.1) is 0 Å². The van der Waals surface area contributed by atoms with Crippen molar-refractivity contribution >= 4 is 17.5 Å². The molecule has 0 spiro atoms. The van der Waals surface area contributed by atoms with E-state index in [0.717, 1.165) is 55.9 Å². The van der Waals surface area contributed by atoms with Crippen molar-refractivity contribution in [2.75, 3.05) is 33.3 Å². The van der Waals surface area contributed by atoms with Crippen LogP contribution in [0.3, 0.4) is 0 Å². The largest absolute Gasteiger partial charge is 0.493 e.